The highest BCUT2D eigenvalue weighted by Gasteiger charge is 2.05. The average molecular weight is 345 g/mol. The van der Waals surface area contributed by atoms with Gasteiger partial charge in [-0.1, -0.05) is 33.6 Å². The van der Waals surface area contributed by atoms with Crippen molar-refractivity contribution in [2.24, 2.45) is 5.73 Å². The second-order valence-corrected chi connectivity index (χ2v) is 5.24. The molecule has 0 spiro atoms. The summed E-state index contributed by atoms with van der Waals surface area (Å²) in [7, 11) is 0. The monoisotopic (exact) mass is 343 g/mol. The van der Waals surface area contributed by atoms with Crippen LogP contribution in [0, 0.1) is 5.82 Å². The van der Waals surface area contributed by atoms with Gasteiger partial charge >= 0.3 is 0 Å². The van der Waals surface area contributed by atoms with E-state index in [0.717, 1.165) is 15.6 Å². The molecule has 0 amide bonds. The van der Waals surface area contributed by atoms with Crippen LogP contribution in [0.5, 0.6) is 5.75 Å². The molecule has 2 rings (SSSR count). The molecule has 0 fully saturated rings. The van der Waals surface area contributed by atoms with E-state index < -0.39 is 0 Å². The van der Waals surface area contributed by atoms with Gasteiger partial charge in [-0.2, -0.15) is 0 Å². The zero-order chi connectivity index (χ0) is 13.8. The minimum Gasteiger partial charge on any atom is -0.489 e. The van der Waals surface area contributed by atoms with Gasteiger partial charge in [0.25, 0.3) is 0 Å². The molecule has 0 saturated carbocycles. The number of rotatable bonds is 4. The summed E-state index contributed by atoms with van der Waals surface area (Å²) in [6, 6.07) is 9.82. The summed E-state index contributed by atoms with van der Waals surface area (Å²) in [6.45, 7) is 0.708. The van der Waals surface area contributed by atoms with E-state index in [1.165, 1.54) is 12.1 Å². The molecule has 0 aliphatic heterocycles. The van der Waals surface area contributed by atoms with Gasteiger partial charge in [0.15, 0.2) is 0 Å². The van der Waals surface area contributed by atoms with Crippen LogP contribution in [0.25, 0.3) is 0 Å². The Hall–Kier alpha value is -1.10. The van der Waals surface area contributed by atoms with E-state index in [2.05, 4.69) is 15.9 Å². The van der Waals surface area contributed by atoms with Crippen LogP contribution < -0.4 is 10.5 Å². The number of nitrogens with two attached hydrogens (primary N) is 1. The average Bonchev–Trinajstić information content (AvgIpc) is 2.39. The van der Waals surface area contributed by atoms with E-state index in [0.29, 0.717) is 17.3 Å². The Morgan fingerprint density at radius 2 is 1.95 bits per heavy atom. The molecule has 0 bridgehead atoms. The van der Waals surface area contributed by atoms with Crippen molar-refractivity contribution in [2.45, 2.75) is 13.2 Å². The lowest BCUT2D eigenvalue weighted by Crippen LogP contribution is -2.00. The molecule has 0 aliphatic rings. The number of ether oxygens (including phenoxy) is 1. The lowest BCUT2D eigenvalue weighted by atomic mass is 10.2. The summed E-state index contributed by atoms with van der Waals surface area (Å²) in [5.41, 5.74) is 7.32. The van der Waals surface area contributed by atoms with Crippen molar-refractivity contribution < 1.29 is 9.13 Å². The van der Waals surface area contributed by atoms with Crippen LogP contribution in [-0.2, 0) is 13.2 Å². The van der Waals surface area contributed by atoms with Gasteiger partial charge in [-0.25, -0.2) is 4.39 Å². The minimum atomic E-state index is -0.359. The van der Waals surface area contributed by atoms with Crippen LogP contribution in [0.15, 0.2) is 40.9 Å². The molecule has 0 aliphatic carbocycles. The van der Waals surface area contributed by atoms with Crippen molar-refractivity contribution in [2.75, 3.05) is 0 Å². The van der Waals surface area contributed by atoms with E-state index in [1.54, 1.807) is 6.07 Å². The van der Waals surface area contributed by atoms with Gasteiger partial charge in [0, 0.05) is 16.6 Å². The Kier molecular flexibility index (Phi) is 4.80. The highest BCUT2D eigenvalue weighted by Crippen LogP contribution is 2.24. The number of halogens is 3. The largest absolute Gasteiger partial charge is 0.489 e. The summed E-state index contributed by atoms with van der Waals surface area (Å²) in [5, 5.41) is 0.358. The van der Waals surface area contributed by atoms with Crippen molar-refractivity contribution in [3.63, 3.8) is 0 Å². The molecular weight excluding hydrogens is 333 g/mol. The Morgan fingerprint density at radius 1 is 1.16 bits per heavy atom. The van der Waals surface area contributed by atoms with Crippen LogP contribution in [0.2, 0.25) is 5.02 Å². The first-order valence-electron chi connectivity index (χ1n) is 5.65. The molecule has 0 aromatic heterocycles. The first-order valence-corrected chi connectivity index (χ1v) is 6.82. The SMILES string of the molecule is NCc1cc(OCc2ccc(F)cc2Cl)ccc1Br. The van der Waals surface area contributed by atoms with Crippen LogP contribution in [-0.4, -0.2) is 0 Å². The maximum Gasteiger partial charge on any atom is 0.124 e. The maximum absolute atomic E-state index is 12.9. The Labute approximate surface area is 124 Å². The van der Waals surface area contributed by atoms with Gasteiger partial charge in [-0.05, 0) is 35.9 Å². The third kappa shape index (κ3) is 3.69. The fraction of sp³-hybridized carbons (Fsp3) is 0.143. The van der Waals surface area contributed by atoms with E-state index in [4.69, 9.17) is 22.1 Å². The molecule has 0 saturated heterocycles. The molecule has 2 aromatic rings. The molecule has 0 heterocycles. The first-order chi connectivity index (χ1) is 9.10. The summed E-state index contributed by atoms with van der Waals surface area (Å²) in [5.74, 6) is 0.340. The minimum absolute atomic E-state index is 0.282. The maximum atomic E-state index is 12.9. The summed E-state index contributed by atoms with van der Waals surface area (Å²) >= 11 is 9.34. The van der Waals surface area contributed by atoms with Gasteiger partial charge in [-0.3, -0.25) is 0 Å². The zero-order valence-electron chi connectivity index (χ0n) is 10.00. The highest BCUT2D eigenvalue weighted by molar-refractivity contribution is 9.10. The summed E-state index contributed by atoms with van der Waals surface area (Å²) in [6.07, 6.45) is 0. The van der Waals surface area contributed by atoms with Crippen molar-refractivity contribution >= 4 is 27.5 Å². The molecule has 100 valence electrons. The predicted octanol–water partition coefficient (Wildman–Crippen LogP) is 4.28. The number of hydrogen-bond acceptors (Lipinski definition) is 2. The normalized spacial score (nSPS) is 10.5. The molecule has 0 atom stereocenters. The van der Waals surface area contributed by atoms with Gasteiger partial charge in [0.2, 0.25) is 0 Å². The van der Waals surface area contributed by atoms with Crippen LogP contribution in [0.4, 0.5) is 4.39 Å². The second kappa shape index (κ2) is 6.37. The molecule has 0 radical (unpaired) electrons. The quantitative estimate of drug-likeness (QED) is 0.898. The standard InChI is InChI=1S/C14H12BrClFNO/c15-13-4-3-12(5-10(13)7-18)19-8-9-1-2-11(17)6-14(9)16/h1-6H,7-8,18H2. The van der Waals surface area contributed by atoms with E-state index in [1.807, 2.05) is 18.2 Å². The van der Waals surface area contributed by atoms with Crippen molar-refractivity contribution in [1.29, 1.82) is 0 Å². The van der Waals surface area contributed by atoms with Crippen molar-refractivity contribution in [3.05, 3.63) is 62.8 Å². The molecule has 19 heavy (non-hydrogen) atoms. The van der Waals surface area contributed by atoms with Crippen molar-refractivity contribution in [3.8, 4) is 5.75 Å². The van der Waals surface area contributed by atoms with Gasteiger partial charge < -0.3 is 10.5 Å². The lowest BCUT2D eigenvalue weighted by Gasteiger charge is -2.10. The Morgan fingerprint density at radius 3 is 2.63 bits per heavy atom. The topological polar surface area (TPSA) is 35.2 Å². The molecular formula is C14H12BrClFNO. The smallest absolute Gasteiger partial charge is 0.124 e. The fourth-order valence-corrected chi connectivity index (χ4v) is 2.23. The molecule has 0 unspecified atom stereocenters. The van der Waals surface area contributed by atoms with Gasteiger partial charge in [0.1, 0.15) is 18.2 Å². The Bertz CT molecular complexity index is 592. The summed E-state index contributed by atoms with van der Waals surface area (Å²) < 4.78 is 19.5. The molecule has 5 heteroatoms. The second-order valence-electron chi connectivity index (χ2n) is 3.98. The lowest BCUT2D eigenvalue weighted by molar-refractivity contribution is 0.306. The molecule has 2 nitrogen and oxygen atoms in total. The number of benzene rings is 2. The third-order valence-electron chi connectivity index (χ3n) is 2.65. The first kappa shape index (κ1) is 14.3. The summed E-state index contributed by atoms with van der Waals surface area (Å²) in [4.78, 5) is 0. The van der Waals surface area contributed by atoms with Gasteiger partial charge in [-0.15, -0.1) is 0 Å². The van der Waals surface area contributed by atoms with E-state index >= 15 is 0 Å². The zero-order valence-corrected chi connectivity index (χ0v) is 12.3. The predicted molar refractivity (Wildman–Crippen MR) is 77.8 cm³/mol. The van der Waals surface area contributed by atoms with Gasteiger partial charge in [0.05, 0.1) is 5.02 Å². The van der Waals surface area contributed by atoms with Crippen LogP contribution >= 0.6 is 27.5 Å². The fourth-order valence-electron chi connectivity index (χ4n) is 1.60. The van der Waals surface area contributed by atoms with Crippen LogP contribution in [0.3, 0.4) is 0 Å². The molecule has 2 aromatic carbocycles. The highest BCUT2D eigenvalue weighted by atomic mass is 79.9. The third-order valence-corrected chi connectivity index (χ3v) is 3.77. The van der Waals surface area contributed by atoms with E-state index in [-0.39, 0.29) is 12.4 Å². The van der Waals surface area contributed by atoms with Crippen molar-refractivity contribution in [1.82, 2.24) is 0 Å². The Balaban J connectivity index is 2.10. The number of hydrogen-bond donors (Lipinski definition) is 1. The van der Waals surface area contributed by atoms with E-state index in [9.17, 15) is 4.39 Å². The molecule has 2 N–H and O–H groups in total. The van der Waals surface area contributed by atoms with Crippen LogP contribution in [0.1, 0.15) is 11.1 Å².